The van der Waals surface area contributed by atoms with Gasteiger partial charge in [0.15, 0.2) is 17.5 Å². The number of aryl methyl sites for hydroxylation is 1. The molecule has 0 bridgehead atoms. The van der Waals surface area contributed by atoms with Crippen molar-refractivity contribution in [3.05, 3.63) is 42.1 Å². The second kappa shape index (κ2) is 9.26. The van der Waals surface area contributed by atoms with Crippen molar-refractivity contribution < 1.29 is 14.3 Å². The molecular weight excluding hydrogens is 334 g/mol. The van der Waals surface area contributed by atoms with Gasteiger partial charge in [-0.25, -0.2) is 4.98 Å². The first-order valence-corrected chi connectivity index (χ1v) is 8.04. The molecule has 26 heavy (non-hydrogen) atoms. The fourth-order valence-corrected chi connectivity index (χ4v) is 2.20. The Morgan fingerprint density at radius 2 is 1.92 bits per heavy atom. The molecule has 2 aromatic rings. The number of anilines is 2. The Hall–Kier alpha value is -3.29. The number of aliphatic imine (C=N–C) groups is 1. The lowest BCUT2D eigenvalue weighted by Gasteiger charge is -2.11. The van der Waals surface area contributed by atoms with Crippen molar-refractivity contribution >= 4 is 23.4 Å². The zero-order valence-electron chi connectivity index (χ0n) is 15.1. The van der Waals surface area contributed by atoms with E-state index >= 15 is 0 Å². The van der Waals surface area contributed by atoms with Crippen molar-refractivity contribution in [3.8, 4) is 11.5 Å². The monoisotopic (exact) mass is 357 g/mol. The van der Waals surface area contributed by atoms with Crippen molar-refractivity contribution in [2.75, 3.05) is 31.4 Å². The number of amides is 1. The predicted octanol–water partition coefficient (Wildman–Crippen LogP) is 2.16. The molecular formula is C18H23N5O3. The van der Waals surface area contributed by atoms with E-state index in [2.05, 4.69) is 20.6 Å². The van der Waals surface area contributed by atoms with Crippen LogP contribution in [0.1, 0.15) is 12.1 Å². The van der Waals surface area contributed by atoms with Gasteiger partial charge in [-0.15, -0.1) is 0 Å². The molecule has 4 N–H and O–H groups in total. The number of hydrogen-bond donors (Lipinski definition) is 3. The molecule has 0 fully saturated rings. The van der Waals surface area contributed by atoms with Crippen molar-refractivity contribution in [3.63, 3.8) is 0 Å². The van der Waals surface area contributed by atoms with Crippen molar-refractivity contribution in [2.24, 2.45) is 10.7 Å². The quantitative estimate of drug-likeness (QED) is 0.517. The molecule has 0 unspecified atom stereocenters. The van der Waals surface area contributed by atoms with E-state index in [0.717, 1.165) is 5.69 Å². The van der Waals surface area contributed by atoms with Crippen LogP contribution in [0.25, 0.3) is 0 Å². The lowest BCUT2D eigenvalue weighted by molar-refractivity contribution is -0.116. The number of nitrogens with zero attached hydrogens (tertiary/aromatic N) is 2. The molecule has 1 aromatic carbocycles. The Balaban J connectivity index is 1.85. The van der Waals surface area contributed by atoms with Gasteiger partial charge in [0.1, 0.15) is 5.82 Å². The molecule has 0 spiro atoms. The summed E-state index contributed by atoms with van der Waals surface area (Å²) < 4.78 is 10.4. The molecule has 0 saturated carbocycles. The second-order valence-corrected chi connectivity index (χ2v) is 5.42. The fourth-order valence-electron chi connectivity index (χ4n) is 2.20. The minimum absolute atomic E-state index is 0.175. The van der Waals surface area contributed by atoms with Crippen molar-refractivity contribution in [1.29, 1.82) is 0 Å². The van der Waals surface area contributed by atoms with E-state index in [1.165, 1.54) is 0 Å². The molecule has 1 heterocycles. The highest BCUT2D eigenvalue weighted by molar-refractivity contribution is 5.93. The Kier molecular flexibility index (Phi) is 6.78. The molecule has 8 nitrogen and oxygen atoms in total. The summed E-state index contributed by atoms with van der Waals surface area (Å²) in [5, 5.41) is 5.67. The van der Waals surface area contributed by atoms with Crippen LogP contribution >= 0.6 is 0 Å². The molecule has 8 heteroatoms. The van der Waals surface area contributed by atoms with E-state index in [1.807, 2.05) is 19.1 Å². The summed E-state index contributed by atoms with van der Waals surface area (Å²) in [4.78, 5) is 20.3. The molecule has 0 saturated heterocycles. The van der Waals surface area contributed by atoms with E-state index in [9.17, 15) is 4.79 Å². The number of methoxy groups -OCH3 is 2. The molecule has 1 aromatic heterocycles. The number of hydrogen-bond acceptors (Lipinski definition) is 5. The predicted molar refractivity (Wildman–Crippen MR) is 102 cm³/mol. The highest BCUT2D eigenvalue weighted by Gasteiger charge is 2.06. The number of aromatic nitrogens is 1. The SMILES string of the molecule is COc1ccc(NC(N)=NCCC(=O)Nc2cccc(C)n2)cc1OC. The molecule has 1 amide bonds. The lowest BCUT2D eigenvalue weighted by atomic mass is 10.3. The number of carbonyl (C=O) groups is 1. The molecule has 2 rings (SSSR count). The van der Waals surface area contributed by atoms with Crippen LogP contribution in [0.2, 0.25) is 0 Å². The highest BCUT2D eigenvalue weighted by atomic mass is 16.5. The minimum Gasteiger partial charge on any atom is -0.493 e. The maximum Gasteiger partial charge on any atom is 0.227 e. The van der Waals surface area contributed by atoms with Gasteiger partial charge in [-0.05, 0) is 31.2 Å². The summed E-state index contributed by atoms with van der Waals surface area (Å²) in [6, 6.07) is 10.7. The van der Waals surface area contributed by atoms with Gasteiger partial charge >= 0.3 is 0 Å². The van der Waals surface area contributed by atoms with Crippen molar-refractivity contribution in [1.82, 2.24) is 4.98 Å². The van der Waals surface area contributed by atoms with E-state index in [-0.39, 0.29) is 24.8 Å². The number of guanidine groups is 1. The molecule has 0 aliphatic heterocycles. The Bertz CT molecular complexity index is 792. The van der Waals surface area contributed by atoms with Crippen LogP contribution in [0.3, 0.4) is 0 Å². The van der Waals surface area contributed by atoms with Gasteiger partial charge in [0.25, 0.3) is 0 Å². The average molecular weight is 357 g/mol. The number of rotatable bonds is 7. The topological polar surface area (TPSA) is 111 Å². The normalized spacial score (nSPS) is 11.0. The van der Waals surface area contributed by atoms with Crippen LogP contribution in [-0.2, 0) is 4.79 Å². The third kappa shape index (κ3) is 5.66. The first-order chi connectivity index (χ1) is 12.5. The maximum atomic E-state index is 11.9. The minimum atomic E-state index is -0.175. The Morgan fingerprint density at radius 1 is 1.15 bits per heavy atom. The van der Waals surface area contributed by atoms with Gasteiger partial charge in [0.2, 0.25) is 5.91 Å². The number of pyridine rings is 1. The van der Waals surface area contributed by atoms with Gasteiger partial charge in [-0.2, -0.15) is 0 Å². The maximum absolute atomic E-state index is 11.9. The standard InChI is InChI=1S/C18H23N5O3/c1-12-5-4-6-16(21-12)23-17(24)9-10-20-18(19)22-13-7-8-14(25-2)15(11-13)26-3/h4-8,11H,9-10H2,1-3H3,(H3,19,20,22)(H,21,23,24). The van der Waals surface area contributed by atoms with Gasteiger partial charge in [0, 0.05) is 23.9 Å². The smallest absolute Gasteiger partial charge is 0.227 e. The van der Waals surface area contributed by atoms with Gasteiger partial charge in [0.05, 0.1) is 20.8 Å². The Labute approximate surface area is 152 Å². The number of nitrogens with two attached hydrogens (primary N) is 1. The summed E-state index contributed by atoms with van der Waals surface area (Å²) >= 11 is 0. The van der Waals surface area contributed by atoms with Gasteiger partial charge < -0.3 is 25.8 Å². The highest BCUT2D eigenvalue weighted by Crippen LogP contribution is 2.29. The average Bonchev–Trinajstić information content (AvgIpc) is 2.61. The third-order valence-electron chi connectivity index (χ3n) is 3.43. The van der Waals surface area contributed by atoms with Crippen LogP contribution in [-0.4, -0.2) is 37.6 Å². The fraction of sp³-hybridized carbons (Fsp3) is 0.278. The van der Waals surface area contributed by atoms with Crippen LogP contribution in [0.4, 0.5) is 11.5 Å². The van der Waals surface area contributed by atoms with Gasteiger partial charge in [-0.3, -0.25) is 9.79 Å². The molecule has 138 valence electrons. The molecule has 0 atom stereocenters. The molecule has 0 aliphatic rings. The number of benzene rings is 1. The van der Waals surface area contributed by atoms with Crippen LogP contribution in [0.5, 0.6) is 11.5 Å². The summed E-state index contributed by atoms with van der Waals surface area (Å²) in [6.07, 6.45) is 0.198. The summed E-state index contributed by atoms with van der Waals surface area (Å²) in [5.74, 6) is 1.75. The number of nitrogens with one attached hydrogen (secondary N) is 2. The summed E-state index contributed by atoms with van der Waals surface area (Å²) in [6.45, 7) is 2.12. The molecule has 0 aliphatic carbocycles. The Morgan fingerprint density at radius 3 is 2.62 bits per heavy atom. The van der Waals surface area contributed by atoms with Crippen LogP contribution in [0.15, 0.2) is 41.4 Å². The first-order valence-electron chi connectivity index (χ1n) is 8.04. The van der Waals surface area contributed by atoms with E-state index < -0.39 is 0 Å². The number of carbonyl (C=O) groups excluding carboxylic acids is 1. The first kappa shape index (κ1) is 19.0. The van der Waals surface area contributed by atoms with E-state index in [4.69, 9.17) is 15.2 Å². The van der Waals surface area contributed by atoms with E-state index in [0.29, 0.717) is 23.0 Å². The third-order valence-corrected chi connectivity index (χ3v) is 3.43. The lowest BCUT2D eigenvalue weighted by Crippen LogP contribution is -2.23. The molecule has 0 radical (unpaired) electrons. The van der Waals surface area contributed by atoms with Crippen LogP contribution < -0.4 is 25.8 Å². The summed E-state index contributed by atoms with van der Waals surface area (Å²) in [7, 11) is 3.12. The zero-order chi connectivity index (χ0) is 18.9. The van der Waals surface area contributed by atoms with Gasteiger partial charge in [-0.1, -0.05) is 6.07 Å². The second-order valence-electron chi connectivity index (χ2n) is 5.42. The summed E-state index contributed by atoms with van der Waals surface area (Å²) in [5.41, 5.74) is 7.39. The van der Waals surface area contributed by atoms with Crippen molar-refractivity contribution in [2.45, 2.75) is 13.3 Å². The van der Waals surface area contributed by atoms with Crippen LogP contribution in [0, 0.1) is 6.92 Å². The zero-order valence-corrected chi connectivity index (χ0v) is 15.1. The largest absolute Gasteiger partial charge is 0.493 e. The van der Waals surface area contributed by atoms with E-state index in [1.54, 1.807) is 38.5 Å². The number of ether oxygens (including phenoxy) is 2.